The Morgan fingerprint density at radius 2 is 1.79 bits per heavy atom. The van der Waals surface area contributed by atoms with E-state index < -0.39 is 0 Å². The fourth-order valence-electron chi connectivity index (χ4n) is 2.00. The van der Waals surface area contributed by atoms with Gasteiger partial charge in [0.15, 0.2) is 6.61 Å². The molecule has 2 aromatic carbocycles. The van der Waals surface area contributed by atoms with Crippen molar-refractivity contribution in [1.82, 2.24) is 0 Å². The zero-order valence-corrected chi connectivity index (χ0v) is 14.7. The molecule has 0 bridgehead atoms. The summed E-state index contributed by atoms with van der Waals surface area (Å²) in [4.78, 5) is 22.9. The van der Waals surface area contributed by atoms with Crippen LogP contribution in [0.4, 0.5) is 5.69 Å². The number of nitrogens with one attached hydrogen (secondary N) is 1. The maximum absolute atomic E-state index is 11.9. The molecule has 0 heterocycles. The molecule has 0 unspecified atom stereocenters. The number of hydrogen-bond acceptors (Lipinski definition) is 3. The van der Waals surface area contributed by atoms with Gasteiger partial charge in [0.25, 0.3) is 5.91 Å². The van der Waals surface area contributed by atoms with Crippen molar-refractivity contribution in [3.05, 3.63) is 58.1 Å². The van der Waals surface area contributed by atoms with Gasteiger partial charge in [0, 0.05) is 11.4 Å². The van der Waals surface area contributed by atoms with Gasteiger partial charge in [-0.25, -0.2) is 0 Å². The molecule has 6 heteroatoms. The van der Waals surface area contributed by atoms with Crippen molar-refractivity contribution in [2.24, 2.45) is 0 Å². The summed E-state index contributed by atoms with van der Waals surface area (Å²) in [5.74, 6) is 0.423. The van der Waals surface area contributed by atoms with Gasteiger partial charge in [-0.2, -0.15) is 0 Å². The third kappa shape index (κ3) is 5.87. The van der Waals surface area contributed by atoms with Crippen LogP contribution in [0.3, 0.4) is 0 Å². The standard InChI is InChI=1S/C18H17Cl2NO3/c1-12(22)2-3-13-4-7-15(8-5-13)24-11-18(23)21-17-9-6-14(19)10-16(17)20/h4-10H,2-3,11H2,1H3,(H,21,23). The molecule has 1 amide bonds. The Balaban J connectivity index is 1.84. The van der Waals surface area contributed by atoms with Crippen LogP contribution in [0.2, 0.25) is 10.0 Å². The largest absolute Gasteiger partial charge is 0.484 e. The predicted octanol–water partition coefficient (Wildman–Crippen LogP) is 4.53. The maximum Gasteiger partial charge on any atom is 0.262 e. The summed E-state index contributed by atoms with van der Waals surface area (Å²) < 4.78 is 5.44. The molecular formula is C18H17Cl2NO3. The van der Waals surface area contributed by atoms with Gasteiger partial charge in [-0.3, -0.25) is 4.79 Å². The number of amides is 1. The number of ketones is 1. The number of halogens is 2. The number of benzene rings is 2. The number of carbonyl (C=O) groups is 2. The number of Topliss-reactive ketones (excluding diaryl/α,β-unsaturated/α-hetero) is 1. The number of anilines is 1. The summed E-state index contributed by atoms with van der Waals surface area (Å²) >= 11 is 11.8. The minimum Gasteiger partial charge on any atom is -0.484 e. The molecular weight excluding hydrogens is 349 g/mol. The quantitative estimate of drug-likeness (QED) is 0.783. The van der Waals surface area contributed by atoms with E-state index in [-0.39, 0.29) is 18.3 Å². The summed E-state index contributed by atoms with van der Waals surface area (Å²) in [5, 5.41) is 3.53. The van der Waals surface area contributed by atoms with Crippen LogP contribution < -0.4 is 10.1 Å². The SMILES string of the molecule is CC(=O)CCc1ccc(OCC(=O)Nc2ccc(Cl)cc2Cl)cc1. The highest BCUT2D eigenvalue weighted by Gasteiger charge is 2.07. The van der Waals surface area contributed by atoms with E-state index in [1.807, 2.05) is 12.1 Å². The van der Waals surface area contributed by atoms with Crippen LogP contribution in [0.15, 0.2) is 42.5 Å². The molecule has 0 aromatic heterocycles. The smallest absolute Gasteiger partial charge is 0.262 e. The topological polar surface area (TPSA) is 55.4 Å². The second kappa shape index (κ2) is 8.71. The first-order chi connectivity index (χ1) is 11.4. The molecule has 0 aliphatic rings. The van der Waals surface area contributed by atoms with Gasteiger partial charge in [0.1, 0.15) is 11.5 Å². The Hall–Kier alpha value is -2.04. The molecule has 0 atom stereocenters. The van der Waals surface area contributed by atoms with Gasteiger partial charge in [-0.1, -0.05) is 35.3 Å². The number of carbonyl (C=O) groups excluding carboxylic acids is 2. The van der Waals surface area contributed by atoms with Crippen molar-refractivity contribution < 1.29 is 14.3 Å². The van der Waals surface area contributed by atoms with Gasteiger partial charge in [0.2, 0.25) is 0 Å². The lowest BCUT2D eigenvalue weighted by Crippen LogP contribution is -2.20. The van der Waals surface area contributed by atoms with Gasteiger partial charge in [-0.05, 0) is 49.2 Å². The van der Waals surface area contributed by atoms with Crippen LogP contribution in [-0.4, -0.2) is 18.3 Å². The predicted molar refractivity (Wildman–Crippen MR) is 96.0 cm³/mol. The van der Waals surface area contributed by atoms with E-state index in [4.69, 9.17) is 27.9 Å². The van der Waals surface area contributed by atoms with Crippen LogP contribution in [0.1, 0.15) is 18.9 Å². The van der Waals surface area contributed by atoms with Crippen LogP contribution in [0, 0.1) is 0 Å². The lowest BCUT2D eigenvalue weighted by molar-refractivity contribution is -0.118. The lowest BCUT2D eigenvalue weighted by Gasteiger charge is -2.09. The molecule has 0 spiro atoms. The van der Waals surface area contributed by atoms with E-state index in [2.05, 4.69) is 5.32 Å². The van der Waals surface area contributed by atoms with Crippen LogP contribution in [0.5, 0.6) is 5.75 Å². The van der Waals surface area contributed by atoms with Gasteiger partial charge < -0.3 is 14.8 Å². The molecule has 24 heavy (non-hydrogen) atoms. The summed E-state index contributed by atoms with van der Waals surface area (Å²) in [7, 11) is 0. The Morgan fingerprint density at radius 3 is 2.42 bits per heavy atom. The first kappa shape index (κ1) is 18.3. The minimum atomic E-state index is -0.320. The van der Waals surface area contributed by atoms with Crippen LogP contribution in [-0.2, 0) is 16.0 Å². The van der Waals surface area contributed by atoms with Crippen molar-refractivity contribution in [2.75, 3.05) is 11.9 Å². The van der Waals surface area contributed by atoms with E-state index in [0.29, 0.717) is 34.3 Å². The molecule has 2 aromatic rings. The molecule has 1 N–H and O–H groups in total. The highest BCUT2D eigenvalue weighted by Crippen LogP contribution is 2.25. The number of aryl methyl sites for hydroxylation is 1. The van der Waals surface area contributed by atoms with Crippen molar-refractivity contribution >= 4 is 40.6 Å². The first-order valence-corrected chi connectivity index (χ1v) is 8.16. The second-order valence-corrected chi connectivity index (χ2v) is 6.15. The van der Waals surface area contributed by atoms with Crippen LogP contribution >= 0.6 is 23.2 Å². The molecule has 0 aliphatic carbocycles. The van der Waals surface area contributed by atoms with E-state index >= 15 is 0 Å². The minimum absolute atomic E-state index is 0.133. The number of rotatable bonds is 7. The molecule has 0 saturated carbocycles. The number of hydrogen-bond donors (Lipinski definition) is 1. The second-order valence-electron chi connectivity index (χ2n) is 5.31. The van der Waals surface area contributed by atoms with Crippen LogP contribution in [0.25, 0.3) is 0 Å². The van der Waals surface area contributed by atoms with Crippen molar-refractivity contribution in [1.29, 1.82) is 0 Å². The van der Waals surface area contributed by atoms with E-state index in [1.54, 1.807) is 37.3 Å². The Labute approximate surface area is 150 Å². The highest BCUT2D eigenvalue weighted by atomic mass is 35.5. The van der Waals surface area contributed by atoms with Crippen molar-refractivity contribution in [2.45, 2.75) is 19.8 Å². The molecule has 0 aliphatic heterocycles. The average Bonchev–Trinajstić information content (AvgIpc) is 2.54. The highest BCUT2D eigenvalue weighted by molar-refractivity contribution is 6.36. The van der Waals surface area contributed by atoms with E-state index in [0.717, 1.165) is 5.56 Å². The fraction of sp³-hybridized carbons (Fsp3) is 0.222. The molecule has 0 radical (unpaired) electrons. The Morgan fingerprint density at radius 1 is 1.08 bits per heavy atom. The molecule has 0 saturated heterocycles. The first-order valence-electron chi connectivity index (χ1n) is 7.40. The monoisotopic (exact) mass is 365 g/mol. The van der Waals surface area contributed by atoms with Crippen molar-refractivity contribution in [3.63, 3.8) is 0 Å². The van der Waals surface area contributed by atoms with Gasteiger partial charge in [-0.15, -0.1) is 0 Å². The number of ether oxygens (including phenoxy) is 1. The summed E-state index contributed by atoms with van der Waals surface area (Å²) in [5.41, 5.74) is 1.53. The molecule has 126 valence electrons. The third-order valence-corrected chi connectivity index (χ3v) is 3.81. The Bertz CT molecular complexity index is 730. The average molecular weight is 366 g/mol. The zero-order valence-electron chi connectivity index (χ0n) is 13.1. The Kier molecular flexibility index (Phi) is 6.64. The molecule has 4 nitrogen and oxygen atoms in total. The fourth-order valence-corrected chi connectivity index (χ4v) is 2.45. The van der Waals surface area contributed by atoms with Gasteiger partial charge in [0.05, 0.1) is 10.7 Å². The normalized spacial score (nSPS) is 10.3. The zero-order chi connectivity index (χ0) is 17.5. The summed E-state index contributed by atoms with van der Waals surface area (Å²) in [6.07, 6.45) is 1.22. The molecule has 0 fully saturated rings. The third-order valence-electron chi connectivity index (χ3n) is 3.26. The summed E-state index contributed by atoms with van der Waals surface area (Å²) in [6.45, 7) is 1.44. The summed E-state index contributed by atoms with van der Waals surface area (Å²) in [6, 6.07) is 12.1. The van der Waals surface area contributed by atoms with Gasteiger partial charge >= 0.3 is 0 Å². The molecule has 2 rings (SSSR count). The van der Waals surface area contributed by atoms with Crippen molar-refractivity contribution in [3.8, 4) is 5.75 Å². The van der Waals surface area contributed by atoms with E-state index in [9.17, 15) is 9.59 Å². The lowest BCUT2D eigenvalue weighted by atomic mass is 10.1. The van der Waals surface area contributed by atoms with E-state index in [1.165, 1.54) is 0 Å². The maximum atomic E-state index is 11.9.